The van der Waals surface area contributed by atoms with Gasteiger partial charge in [-0.1, -0.05) is 42.5 Å². The maximum absolute atomic E-state index is 13.2. The standard InChI is InChI=1S/C25H20N2O4/c1-31-16-22(28)20-12-7-8-17(24(20)29)14-15-23-26-21-13-6-5-11-19(21)25(30)27(23)18-9-3-2-4-10-18/h2-15,29H,16H2,1H3. The van der Waals surface area contributed by atoms with Crippen LogP contribution in [0.2, 0.25) is 0 Å². The number of ketones is 1. The van der Waals surface area contributed by atoms with Crippen molar-refractivity contribution in [2.75, 3.05) is 13.7 Å². The molecule has 3 aromatic carbocycles. The molecule has 0 bridgehead atoms. The molecule has 0 aliphatic heterocycles. The first-order chi connectivity index (χ1) is 15.1. The Morgan fingerprint density at radius 1 is 1.00 bits per heavy atom. The van der Waals surface area contributed by atoms with Crippen molar-refractivity contribution < 1.29 is 14.6 Å². The second kappa shape index (κ2) is 8.77. The Bertz CT molecular complexity index is 1340. The molecule has 0 aliphatic carbocycles. The van der Waals surface area contributed by atoms with E-state index in [0.29, 0.717) is 28.0 Å². The molecule has 0 saturated carbocycles. The van der Waals surface area contributed by atoms with Crippen molar-refractivity contribution in [1.82, 2.24) is 9.55 Å². The number of phenolic OH excluding ortho intramolecular Hbond substituents is 1. The van der Waals surface area contributed by atoms with Gasteiger partial charge in [-0.15, -0.1) is 0 Å². The van der Waals surface area contributed by atoms with Gasteiger partial charge < -0.3 is 9.84 Å². The summed E-state index contributed by atoms with van der Waals surface area (Å²) in [4.78, 5) is 30.0. The minimum atomic E-state index is -0.319. The highest BCUT2D eigenvalue weighted by molar-refractivity contribution is 6.00. The van der Waals surface area contributed by atoms with Gasteiger partial charge in [0.25, 0.3) is 5.56 Å². The number of carbonyl (C=O) groups excluding carboxylic acids is 1. The summed E-state index contributed by atoms with van der Waals surface area (Å²) < 4.78 is 6.40. The molecule has 4 aromatic rings. The molecule has 0 spiro atoms. The smallest absolute Gasteiger partial charge is 0.266 e. The molecule has 6 nitrogen and oxygen atoms in total. The highest BCUT2D eigenvalue weighted by atomic mass is 16.5. The van der Waals surface area contributed by atoms with Crippen molar-refractivity contribution in [1.29, 1.82) is 0 Å². The molecule has 0 fully saturated rings. The largest absolute Gasteiger partial charge is 0.507 e. The molecule has 6 heteroatoms. The molecule has 1 heterocycles. The monoisotopic (exact) mass is 412 g/mol. The van der Waals surface area contributed by atoms with Crippen LogP contribution < -0.4 is 5.56 Å². The predicted molar refractivity (Wildman–Crippen MR) is 121 cm³/mol. The van der Waals surface area contributed by atoms with Crippen molar-refractivity contribution in [3.05, 3.63) is 100 Å². The third-order valence-electron chi connectivity index (χ3n) is 4.87. The van der Waals surface area contributed by atoms with Crippen LogP contribution in [0, 0.1) is 0 Å². The average molecular weight is 412 g/mol. The molecular formula is C25H20N2O4. The molecule has 0 amide bonds. The van der Waals surface area contributed by atoms with Gasteiger partial charge in [-0.05, 0) is 42.5 Å². The van der Waals surface area contributed by atoms with Crippen LogP contribution in [0.1, 0.15) is 21.7 Å². The second-order valence-electron chi connectivity index (χ2n) is 6.90. The number of rotatable bonds is 6. The lowest BCUT2D eigenvalue weighted by molar-refractivity contribution is 0.0845. The Kier molecular flexibility index (Phi) is 5.73. The van der Waals surface area contributed by atoms with Crippen LogP contribution in [0.4, 0.5) is 0 Å². The van der Waals surface area contributed by atoms with Crippen molar-refractivity contribution in [2.24, 2.45) is 0 Å². The van der Waals surface area contributed by atoms with E-state index in [2.05, 4.69) is 4.98 Å². The Hall–Kier alpha value is -4.03. The summed E-state index contributed by atoms with van der Waals surface area (Å²) in [6.07, 6.45) is 3.29. The van der Waals surface area contributed by atoms with E-state index in [4.69, 9.17) is 4.74 Å². The molecule has 0 aliphatic rings. The number of carbonyl (C=O) groups is 1. The highest BCUT2D eigenvalue weighted by Gasteiger charge is 2.14. The van der Waals surface area contributed by atoms with Crippen LogP contribution in [-0.2, 0) is 4.74 Å². The minimum Gasteiger partial charge on any atom is -0.507 e. The topological polar surface area (TPSA) is 81.4 Å². The van der Waals surface area contributed by atoms with Crippen LogP contribution in [-0.4, -0.2) is 34.2 Å². The Balaban J connectivity index is 1.86. The van der Waals surface area contributed by atoms with Gasteiger partial charge in [-0.3, -0.25) is 14.2 Å². The number of phenols is 1. The second-order valence-corrected chi connectivity index (χ2v) is 6.90. The molecule has 1 N–H and O–H groups in total. The number of methoxy groups -OCH3 is 1. The van der Waals surface area contributed by atoms with E-state index in [1.54, 1.807) is 48.6 Å². The van der Waals surface area contributed by atoms with Crippen LogP contribution in [0.5, 0.6) is 5.75 Å². The van der Waals surface area contributed by atoms with E-state index in [1.807, 2.05) is 36.4 Å². The number of aromatic hydroxyl groups is 1. The van der Waals surface area contributed by atoms with Crippen LogP contribution in [0.25, 0.3) is 28.7 Å². The molecule has 31 heavy (non-hydrogen) atoms. The number of ether oxygens (including phenoxy) is 1. The molecule has 0 radical (unpaired) electrons. The fourth-order valence-corrected chi connectivity index (χ4v) is 3.38. The number of Topliss-reactive ketones (excluding diaryl/α,β-unsaturated/α-hetero) is 1. The quantitative estimate of drug-likeness (QED) is 0.483. The zero-order chi connectivity index (χ0) is 21.8. The van der Waals surface area contributed by atoms with Gasteiger partial charge >= 0.3 is 0 Å². The molecular weight excluding hydrogens is 392 g/mol. The summed E-state index contributed by atoms with van der Waals surface area (Å²) in [6, 6.07) is 21.3. The van der Waals surface area contributed by atoms with E-state index in [9.17, 15) is 14.7 Å². The SMILES string of the molecule is COCC(=O)c1cccc(C=Cc2nc3ccccc3c(=O)n2-c2ccccc2)c1O. The van der Waals surface area contributed by atoms with E-state index < -0.39 is 0 Å². The van der Waals surface area contributed by atoms with Crippen LogP contribution >= 0.6 is 0 Å². The minimum absolute atomic E-state index is 0.124. The zero-order valence-electron chi connectivity index (χ0n) is 16.9. The van der Waals surface area contributed by atoms with Gasteiger partial charge in [0.2, 0.25) is 0 Å². The maximum atomic E-state index is 13.2. The van der Waals surface area contributed by atoms with E-state index in [1.165, 1.54) is 11.7 Å². The Labute approximate surface area is 178 Å². The molecule has 154 valence electrons. The van der Waals surface area contributed by atoms with Gasteiger partial charge in [-0.2, -0.15) is 0 Å². The third-order valence-corrected chi connectivity index (χ3v) is 4.87. The van der Waals surface area contributed by atoms with Gasteiger partial charge in [0, 0.05) is 12.7 Å². The number of benzene rings is 3. The number of hydrogen-bond donors (Lipinski definition) is 1. The first kappa shape index (κ1) is 20.3. The first-order valence-corrected chi connectivity index (χ1v) is 9.69. The van der Waals surface area contributed by atoms with Gasteiger partial charge in [0.15, 0.2) is 5.78 Å². The van der Waals surface area contributed by atoms with Gasteiger partial charge in [-0.25, -0.2) is 4.98 Å². The molecule has 0 atom stereocenters. The van der Waals surface area contributed by atoms with E-state index in [-0.39, 0.29) is 29.3 Å². The summed E-state index contributed by atoms with van der Waals surface area (Å²) in [5, 5.41) is 11.1. The lowest BCUT2D eigenvalue weighted by Gasteiger charge is -2.11. The Morgan fingerprint density at radius 2 is 1.74 bits per heavy atom. The predicted octanol–water partition coefficient (Wildman–Crippen LogP) is 4.09. The molecule has 0 unspecified atom stereocenters. The summed E-state index contributed by atoms with van der Waals surface area (Å²) >= 11 is 0. The first-order valence-electron chi connectivity index (χ1n) is 9.69. The highest BCUT2D eigenvalue weighted by Crippen LogP contribution is 2.25. The molecule has 4 rings (SSSR count). The number of para-hydroxylation sites is 3. The summed E-state index contributed by atoms with van der Waals surface area (Å²) in [6.45, 7) is -0.124. The summed E-state index contributed by atoms with van der Waals surface area (Å²) in [7, 11) is 1.42. The number of aromatic nitrogens is 2. The average Bonchev–Trinajstić information content (AvgIpc) is 2.79. The zero-order valence-corrected chi connectivity index (χ0v) is 16.9. The summed E-state index contributed by atoms with van der Waals surface area (Å²) in [5.74, 6) is -0.0570. The number of hydrogen-bond acceptors (Lipinski definition) is 5. The van der Waals surface area contributed by atoms with Gasteiger partial charge in [0.05, 0.1) is 22.2 Å². The van der Waals surface area contributed by atoms with Crippen LogP contribution in [0.3, 0.4) is 0 Å². The lowest BCUT2D eigenvalue weighted by atomic mass is 10.0. The van der Waals surface area contributed by atoms with E-state index >= 15 is 0 Å². The summed E-state index contributed by atoms with van der Waals surface area (Å²) in [5.41, 5.74) is 1.68. The normalized spacial score (nSPS) is 11.3. The molecule has 1 aromatic heterocycles. The van der Waals surface area contributed by atoms with Crippen molar-refractivity contribution in [3.8, 4) is 11.4 Å². The third kappa shape index (κ3) is 4.01. The fraction of sp³-hybridized carbons (Fsp3) is 0.0800. The fourth-order valence-electron chi connectivity index (χ4n) is 3.38. The van der Waals surface area contributed by atoms with Crippen molar-refractivity contribution in [3.63, 3.8) is 0 Å². The van der Waals surface area contributed by atoms with Crippen molar-refractivity contribution in [2.45, 2.75) is 0 Å². The number of fused-ring (bicyclic) bond motifs is 1. The van der Waals surface area contributed by atoms with Gasteiger partial charge in [0.1, 0.15) is 18.2 Å². The Morgan fingerprint density at radius 3 is 2.52 bits per heavy atom. The van der Waals surface area contributed by atoms with E-state index in [0.717, 1.165) is 0 Å². The van der Waals surface area contributed by atoms with Crippen molar-refractivity contribution >= 4 is 28.8 Å². The lowest BCUT2D eigenvalue weighted by Crippen LogP contribution is -2.22. The molecule has 0 saturated heterocycles. The maximum Gasteiger partial charge on any atom is 0.266 e. The number of nitrogens with zero attached hydrogens (tertiary/aromatic N) is 2. The van der Waals surface area contributed by atoms with Crippen LogP contribution in [0.15, 0.2) is 77.6 Å².